The number of hydrogen-bond donors (Lipinski definition) is 0. The number of nitrogens with zero attached hydrogens (tertiary/aromatic N) is 3. The molecule has 0 spiro atoms. The zero-order valence-electron chi connectivity index (χ0n) is 14.1. The first-order valence-corrected chi connectivity index (χ1v) is 9.42. The highest BCUT2D eigenvalue weighted by Gasteiger charge is 2.04. The van der Waals surface area contributed by atoms with Gasteiger partial charge in [0, 0.05) is 10.6 Å². The Morgan fingerprint density at radius 3 is 2.96 bits per heavy atom. The SMILES string of the molecule is O=c1c2ccsc2ncn1/N=C/c1cccc(OCc2ccccc2Cl)c1. The third kappa shape index (κ3) is 3.92. The maximum Gasteiger partial charge on any atom is 0.282 e. The van der Waals surface area contributed by atoms with Crippen molar-refractivity contribution < 1.29 is 4.74 Å². The number of hydrogen-bond acceptors (Lipinski definition) is 5. The average molecular weight is 396 g/mol. The summed E-state index contributed by atoms with van der Waals surface area (Å²) in [5.41, 5.74) is 1.53. The Balaban J connectivity index is 1.52. The molecule has 27 heavy (non-hydrogen) atoms. The van der Waals surface area contributed by atoms with E-state index in [1.165, 1.54) is 22.3 Å². The van der Waals surface area contributed by atoms with Crippen molar-refractivity contribution in [2.75, 3.05) is 0 Å². The molecule has 4 aromatic rings. The Morgan fingerprint density at radius 2 is 2.07 bits per heavy atom. The Bertz CT molecular complexity index is 1180. The number of thiophene rings is 1. The molecular weight excluding hydrogens is 382 g/mol. The summed E-state index contributed by atoms with van der Waals surface area (Å²) in [6.45, 7) is 0.373. The van der Waals surface area contributed by atoms with E-state index in [4.69, 9.17) is 16.3 Å². The molecule has 4 rings (SSSR count). The summed E-state index contributed by atoms with van der Waals surface area (Å²) in [4.78, 5) is 17.3. The summed E-state index contributed by atoms with van der Waals surface area (Å²) >= 11 is 7.58. The number of halogens is 1. The Labute approximate surface area is 164 Å². The molecule has 2 aromatic carbocycles. The Morgan fingerprint density at radius 1 is 1.19 bits per heavy atom. The Hall–Kier alpha value is -2.96. The molecule has 0 aliphatic rings. The molecule has 5 nitrogen and oxygen atoms in total. The van der Waals surface area contributed by atoms with Crippen LogP contribution in [-0.4, -0.2) is 15.9 Å². The second-order valence-electron chi connectivity index (χ2n) is 5.73. The largest absolute Gasteiger partial charge is 0.489 e. The van der Waals surface area contributed by atoms with Crippen LogP contribution < -0.4 is 10.3 Å². The normalized spacial score (nSPS) is 11.3. The standard InChI is InChI=1S/C20H14ClN3O2S/c21-18-7-2-1-5-15(18)12-26-16-6-3-4-14(10-16)11-23-24-13-22-19-17(20(24)25)8-9-27-19/h1-11,13H,12H2/b23-11+. The molecule has 2 heterocycles. The van der Waals surface area contributed by atoms with Gasteiger partial charge in [0.2, 0.25) is 0 Å². The molecule has 0 unspecified atom stereocenters. The van der Waals surface area contributed by atoms with Gasteiger partial charge in [0.1, 0.15) is 23.5 Å². The molecule has 0 saturated carbocycles. The van der Waals surface area contributed by atoms with Crippen LogP contribution in [0.5, 0.6) is 5.75 Å². The topological polar surface area (TPSA) is 56.5 Å². The van der Waals surface area contributed by atoms with E-state index in [2.05, 4.69) is 10.1 Å². The van der Waals surface area contributed by atoms with Gasteiger partial charge in [-0.05, 0) is 35.2 Å². The summed E-state index contributed by atoms with van der Waals surface area (Å²) in [7, 11) is 0. The van der Waals surface area contributed by atoms with Crippen LogP contribution in [0.4, 0.5) is 0 Å². The van der Waals surface area contributed by atoms with Gasteiger partial charge in [-0.1, -0.05) is 41.9 Å². The number of rotatable bonds is 5. The molecule has 0 radical (unpaired) electrons. The minimum atomic E-state index is -0.191. The maximum absolute atomic E-state index is 12.3. The first kappa shape index (κ1) is 17.5. The lowest BCUT2D eigenvalue weighted by atomic mass is 10.2. The van der Waals surface area contributed by atoms with Crippen molar-refractivity contribution in [1.29, 1.82) is 0 Å². The van der Waals surface area contributed by atoms with Crippen molar-refractivity contribution in [3.05, 3.63) is 92.8 Å². The maximum atomic E-state index is 12.3. The van der Waals surface area contributed by atoms with Crippen LogP contribution in [0, 0.1) is 0 Å². The van der Waals surface area contributed by atoms with E-state index in [9.17, 15) is 4.79 Å². The summed E-state index contributed by atoms with van der Waals surface area (Å²) in [6.07, 6.45) is 3.03. The zero-order valence-corrected chi connectivity index (χ0v) is 15.7. The molecule has 0 aliphatic heterocycles. The second-order valence-corrected chi connectivity index (χ2v) is 7.03. The number of aromatic nitrogens is 2. The monoisotopic (exact) mass is 395 g/mol. The third-order valence-electron chi connectivity index (χ3n) is 3.91. The van der Waals surface area contributed by atoms with Gasteiger partial charge in [-0.25, -0.2) is 4.98 Å². The fraction of sp³-hybridized carbons (Fsp3) is 0.0500. The minimum absolute atomic E-state index is 0.191. The van der Waals surface area contributed by atoms with Gasteiger partial charge in [-0.3, -0.25) is 4.79 Å². The Kier molecular flexibility index (Phi) is 5.00. The fourth-order valence-electron chi connectivity index (χ4n) is 2.52. The van der Waals surface area contributed by atoms with Crippen molar-refractivity contribution in [2.24, 2.45) is 5.10 Å². The van der Waals surface area contributed by atoms with Gasteiger partial charge >= 0.3 is 0 Å². The number of benzene rings is 2. The van der Waals surface area contributed by atoms with Gasteiger partial charge in [-0.15, -0.1) is 11.3 Å². The molecule has 0 atom stereocenters. The molecule has 0 aliphatic carbocycles. The molecule has 2 aromatic heterocycles. The van der Waals surface area contributed by atoms with E-state index < -0.39 is 0 Å². The molecular formula is C20H14ClN3O2S. The van der Waals surface area contributed by atoms with E-state index in [1.807, 2.05) is 53.9 Å². The number of ether oxygens (including phenoxy) is 1. The molecule has 0 N–H and O–H groups in total. The predicted octanol–water partition coefficient (Wildman–Crippen LogP) is 4.57. The van der Waals surface area contributed by atoms with Crippen LogP contribution in [0.3, 0.4) is 0 Å². The lowest BCUT2D eigenvalue weighted by molar-refractivity contribution is 0.306. The van der Waals surface area contributed by atoms with Gasteiger partial charge < -0.3 is 4.74 Å². The van der Waals surface area contributed by atoms with Crippen LogP contribution in [0.2, 0.25) is 5.02 Å². The highest BCUT2D eigenvalue weighted by Crippen LogP contribution is 2.19. The van der Waals surface area contributed by atoms with Crippen molar-refractivity contribution in [1.82, 2.24) is 9.66 Å². The molecule has 0 amide bonds. The van der Waals surface area contributed by atoms with Crippen molar-refractivity contribution in [3.8, 4) is 5.75 Å². The first-order chi connectivity index (χ1) is 13.2. The van der Waals surface area contributed by atoms with E-state index in [0.717, 1.165) is 11.1 Å². The third-order valence-corrected chi connectivity index (χ3v) is 5.10. The quantitative estimate of drug-likeness (QED) is 0.465. The smallest absolute Gasteiger partial charge is 0.282 e. The van der Waals surface area contributed by atoms with Crippen LogP contribution in [0.25, 0.3) is 10.2 Å². The average Bonchev–Trinajstić information content (AvgIpc) is 3.17. The lowest BCUT2D eigenvalue weighted by Crippen LogP contribution is -2.16. The highest BCUT2D eigenvalue weighted by molar-refractivity contribution is 7.16. The van der Waals surface area contributed by atoms with Gasteiger partial charge in [0.25, 0.3) is 5.56 Å². The zero-order chi connectivity index (χ0) is 18.6. The highest BCUT2D eigenvalue weighted by atomic mass is 35.5. The second kappa shape index (κ2) is 7.73. The van der Waals surface area contributed by atoms with E-state index >= 15 is 0 Å². The summed E-state index contributed by atoms with van der Waals surface area (Å²) in [5, 5.41) is 7.30. The van der Waals surface area contributed by atoms with Gasteiger partial charge in [-0.2, -0.15) is 9.78 Å². The predicted molar refractivity (Wildman–Crippen MR) is 109 cm³/mol. The van der Waals surface area contributed by atoms with Crippen LogP contribution in [-0.2, 0) is 6.61 Å². The van der Waals surface area contributed by atoms with E-state index in [-0.39, 0.29) is 5.56 Å². The van der Waals surface area contributed by atoms with E-state index in [0.29, 0.717) is 27.6 Å². The number of fused-ring (bicyclic) bond motifs is 1. The molecule has 7 heteroatoms. The first-order valence-electron chi connectivity index (χ1n) is 8.16. The van der Waals surface area contributed by atoms with Crippen LogP contribution in [0.1, 0.15) is 11.1 Å². The fourth-order valence-corrected chi connectivity index (χ4v) is 3.43. The lowest BCUT2D eigenvalue weighted by Gasteiger charge is -2.08. The molecule has 0 bridgehead atoms. The van der Waals surface area contributed by atoms with Crippen molar-refractivity contribution >= 4 is 39.4 Å². The summed E-state index contributed by atoms with van der Waals surface area (Å²) in [5.74, 6) is 0.692. The van der Waals surface area contributed by atoms with Gasteiger partial charge in [0.05, 0.1) is 11.6 Å². The van der Waals surface area contributed by atoms with E-state index in [1.54, 1.807) is 12.3 Å². The summed E-state index contributed by atoms with van der Waals surface area (Å²) < 4.78 is 7.04. The molecule has 0 saturated heterocycles. The van der Waals surface area contributed by atoms with Crippen LogP contribution >= 0.6 is 22.9 Å². The van der Waals surface area contributed by atoms with Gasteiger partial charge in [0.15, 0.2) is 0 Å². The van der Waals surface area contributed by atoms with Crippen molar-refractivity contribution in [3.63, 3.8) is 0 Å². The van der Waals surface area contributed by atoms with Crippen molar-refractivity contribution in [2.45, 2.75) is 6.61 Å². The van der Waals surface area contributed by atoms with Crippen LogP contribution in [0.15, 0.2) is 76.2 Å². The summed E-state index contributed by atoms with van der Waals surface area (Å²) in [6, 6.07) is 16.8. The molecule has 134 valence electrons. The molecule has 0 fully saturated rings. The minimum Gasteiger partial charge on any atom is -0.489 e.